The van der Waals surface area contributed by atoms with Gasteiger partial charge in [-0.05, 0) is 42.8 Å². The zero-order valence-corrected chi connectivity index (χ0v) is 17.3. The summed E-state index contributed by atoms with van der Waals surface area (Å²) in [5.74, 6) is -0.750. The summed E-state index contributed by atoms with van der Waals surface area (Å²) in [6.07, 6.45) is 0. The Hall–Kier alpha value is -3.06. The number of benzene rings is 2. The molecule has 1 aromatic heterocycles. The van der Waals surface area contributed by atoms with Crippen molar-refractivity contribution >= 4 is 28.8 Å². The number of aromatic nitrogens is 1. The molecule has 7 heteroatoms. The van der Waals surface area contributed by atoms with Crippen molar-refractivity contribution in [2.75, 3.05) is 5.32 Å². The van der Waals surface area contributed by atoms with E-state index in [1.54, 1.807) is 24.3 Å². The smallest absolute Gasteiger partial charge is 0.263 e. The highest BCUT2D eigenvalue weighted by Crippen LogP contribution is 2.24. The standard InChI is InChI=1S/C22H22FN3O2S/c1-13(2)22-25-14(3)19(29-22)21(28)24-12-15-6-4-9-18(10-15)26-20(27)16-7-5-8-17(23)11-16/h4-11,13H,12H2,1-3H3,(H,24,28)(H,26,27). The predicted molar refractivity (Wildman–Crippen MR) is 113 cm³/mol. The quantitative estimate of drug-likeness (QED) is 0.606. The van der Waals surface area contributed by atoms with Crippen LogP contribution in [0.5, 0.6) is 0 Å². The third-order valence-corrected chi connectivity index (χ3v) is 5.69. The summed E-state index contributed by atoms with van der Waals surface area (Å²) in [7, 11) is 0. The van der Waals surface area contributed by atoms with Crippen LogP contribution in [0.25, 0.3) is 0 Å². The van der Waals surface area contributed by atoms with Gasteiger partial charge in [0.15, 0.2) is 0 Å². The molecule has 0 unspecified atom stereocenters. The highest BCUT2D eigenvalue weighted by atomic mass is 32.1. The first-order valence-corrected chi connectivity index (χ1v) is 10.1. The molecule has 2 amide bonds. The van der Waals surface area contributed by atoms with Crippen LogP contribution >= 0.6 is 11.3 Å². The van der Waals surface area contributed by atoms with Crippen LogP contribution in [0.2, 0.25) is 0 Å². The fourth-order valence-electron chi connectivity index (χ4n) is 2.73. The van der Waals surface area contributed by atoms with Crippen molar-refractivity contribution in [2.45, 2.75) is 33.2 Å². The average Bonchev–Trinajstić information content (AvgIpc) is 3.08. The summed E-state index contributed by atoms with van der Waals surface area (Å²) in [4.78, 5) is 29.8. The molecule has 0 spiro atoms. The van der Waals surface area contributed by atoms with Gasteiger partial charge in [0.1, 0.15) is 10.7 Å². The molecule has 150 valence electrons. The molecule has 3 rings (SSSR count). The summed E-state index contributed by atoms with van der Waals surface area (Å²) < 4.78 is 13.3. The first kappa shape index (κ1) is 20.7. The topological polar surface area (TPSA) is 71.1 Å². The number of nitrogens with one attached hydrogen (secondary N) is 2. The molecule has 0 aliphatic carbocycles. The average molecular weight is 412 g/mol. The van der Waals surface area contributed by atoms with Gasteiger partial charge in [-0.15, -0.1) is 11.3 Å². The third-order valence-electron chi connectivity index (χ3n) is 4.24. The number of halogens is 1. The second-order valence-corrected chi connectivity index (χ2v) is 8.00. The summed E-state index contributed by atoms with van der Waals surface area (Å²) >= 11 is 1.41. The molecule has 0 fully saturated rings. The molecule has 0 aliphatic rings. The van der Waals surface area contributed by atoms with Crippen LogP contribution in [0.15, 0.2) is 48.5 Å². The lowest BCUT2D eigenvalue weighted by molar-refractivity contribution is 0.0953. The Labute approximate surface area is 173 Å². The minimum absolute atomic E-state index is 0.166. The van der Waals surface area contributed by atoms with Gasteiger partial charge in [-0.3, -0.25) is 9.59 Å². The zero-order chi connectivity index (χ0) is 21.0. The van der Waals surface area contributed by atoms with Crippen molar-refractivity contribution in [3.8, 4) is 0 Å². The maximum absolute atomic E-state index is 13.3. The van der Waals surface area contributed by atoms with Gasteiger partial charge >= 0.3 is 0 Å². The van der Waals surface area contributed by atoms with Crippen molar-refractivity contribution in [3.05, 3.63) is 81.1 Å². The van der Waals surface area contributed by atoms with Gasteiger partial charge in [0, 0.05) is 23.7 Å². The number of hydrogen-bond acceptors (Lipinski definition) is 4. The number of carbonyl (C=O) groups is 2. The fraction of sp³-hybridized carbons (Fsp3) is 0.227. The Bertz CT molecular complexity index is 1050. The minimum atomic E-state index is -0.465. The molecule has 0 aliphatic heterocycles. The highest BCUT2D eigenvalue weighted by Gasteiger charge is 2.16. The lowest BCUT2D eigenvalue weighted by Gasteiger charge is -2.09. The van der Waals surface area contributed by atoms with E-state index in [9.17, 15) is 14.0 Å². The Morgan fingerprint density at radius 1 is 1.10 bits per heavy atom. The van der Waals surface area contributed by atoms with Gasteiger partial charge in [-0.1, -0.05) is 32.0 Å². The number of nitrogens with zero attached hydrogens (tertiary/aromatic N) is 1. The maximum atomic E-state index is 13.3. The van der Waals surface area contributed by atoms with Crippen LogP contribution in [-0.4, -0.2) is 16.8 Å². The first-order valence-electron chi connectivity index (χ1n) is 9.25. The largest absolute Gasteiger partial charge is 0.347 e. The minimum Gasteiger partial charge on any atom is -0.347 e. The number of anilines is 1. The second kappa shape index (κ2) is 8.96. The Morgan fingerprint density at radius 2 is 1.86 bits per heavy atom. The fourth-order valence-corrected chi connectivity index (χ4v) is 3.72. The van der Waals surface area contributed by atoms with E-state index in [-0.39, 0.29) is 17.4 Å². The molecule has 29 heavy (non-hydrogen) atoms. The van der Waals surface area contributed by atoms with E-state index in [1.807, 2.05) is 26.8 Å². The summed E-state index contributed by atoms with van der Waals surface area (Å²) in [6, 6.07) is 12.7. The van der Waals surface area contributed by atoms with Crippen molar-refractivity contribution in [1.29, 1.82) is 0 Å². The lowest BCUT2D eigenvalue weighted by Crippen LogP contribution is -2.22. The van der Waals surface area contributed by atoms with Crippen LogP contribution < -0.4 is 10.6 Å². The van der Waals surface area contributed by atoms with Gasteiger partial charge in [0.2, 0.25) is 0 Å². The third kappa shape index (κ3) is 5.26. The van der Waals surface area contributed by atoms with E-state index in [2.05, 4.69) is 15.6 Å². The van der Waals surface area contributed by atoms with Gasteiger partial charge in [0.25, 0.3) is 11.8 Å². The maximum Gasteiger partial charge on any atom is 0.263 e. The molecule has 0 saturated carbocycles. The molecule has 0 bridgehead atoms. The van der Waals surface area contributed by atoms with Gasteiger partial charge in [-0.25, -0.2) is 9.37 Å². The Balaban J connectivity index is 1.64. The molecule has 3 aromatic rings. The molecule has 0 saturated heterocycles. The Kier molecular flexibility index (Phi) is 6.39. The Morgan fingerprint density at radius 3 is 2.55 bits per heavy atom. The normalized spacial score (nSPS) is 10.8. The predicted octanol–water partition coefficient (Wildman–Crippen LogP) is 4.90. The van der Waals surface area contributed by atoms with E-state index >= 15 is 0 Å². The molecular formula is C22H22FN3O2S. The molecule has 2 N–H and O–H groups in total. The molecule has 5 nitrogen and oxygen atoms in total. The van der Waals surface area contributed by atoms with Crippen LogP contribution in [-0.2, 0) is 6.54 Å². The van der Waals surface area contributed by atoms with Crippen molar-refractivity contribution in [1.82, 2.24) is 10.3 Å². The number of hydrogen-bond donors (Lipinski definition) is 2. The molecule has 1 heterocycles. The highest BCUT2D eigenvalue weighted by molar-refractivity contribution is 7.13. The van der Waals surface area contributed by atoms with Crippen LogP contribution in [0, 0.1) is 12.7 Å². The SMILES string of the molecule is Cc1nc(C(C)C)sc1C(=O)NCc1cccc(NC(=O)c2cccc(F)c2)c1. The molecule has 0 atom stereocenters. The van der Waals surface area contributed by atoms with Gasteiger partial charge < -0.3 is 10.6 Å². The van der Waals surface area contributed by atoms with Crippen molar-refractivity contribution in [3.63, 3.8) is 0 Å². The van der Waals surface area contributed by atoms with E-state index in [0.29, 0.717) is 17.1 Å². The van der Waals surface area contributed by atoms with Crippen LogP contribution in [0.4, 0.5) is 10.1 Å². The summed E-state index contributed by atoms with van der Waals surface area (Å²) in [5, 5.41) is 6.58. The number of rotatable bonds is 6. The van der Waals surface area contributed by atoms with Crippen LogP contribution in [0.3, 0.4) is 0 Å². The number of aryl methyl sites for hydroxylation is 1. The first-order chi connectivity index (χ1) is 13.8. The summed E-state index contributed by atoms with van der Waals surface area (Å²) in [5.41, 5.74) is 2.38. The van der Waals surface area contributed by atoms with E-state index in [1.165, 1.54) is 29.5 Å². The van der Waals surface area contributed by atoms with E-state index in [0.717, 1.165) is 16.3 Å². The van der Waals surface area contributed by atoms with Crippen LogP contribution in [0.1, 0.15) is 56.1 Å². The molecule has 0 radical (unpaired) electrons. The van der Waals surface area contributed by atoms with Crippen molar-refractivity contribution in [2.24, 2.45) is 0 Å². The van der Waals surface area contributed by atoms with Gasteiger partial charge in [0.05, 0.1) is 10.7 Å². The number of thiazole rings is 1. The summed E-state index contributed by atoms with van der Waals surface area (Å²) in [6.45, 7) is 6.24. The zero-order valence-electron chi connectivity index (χ0n) is 16.5. The molecular weight excluding hydrogens is 389 g/mol. The monoisotopic (exact) mass is 411 g/mol. The van der Waals surface area contributed by atoms with E-state index in [4.69, 9.17) is 0 Å². The van der Waals surface area contributed by atoms with Gasteiger partial charge in [-0.2, -0.15) is 0 Å². The second-order valence-electron chi connectivity index (χ2n) is 6.97. The lowest BCUT2D eigenvalue weighted by atomic mass is 10.1. The number of amides is 2. The molecule has 2 aromatic carbocycles. The van der Waals surface area contributed by atoms with E-state index < -0.39 is 11.7 Å². The van der Waals surface area contributed by atoms with Crippen molar-refractivity contribution < 1.29 is 14.0 Å². The number of carbonyl (C=O) groups excluding carboxylic acids is 2.